The molecule has 2 aromatic rings. The van der Waals surface area contributed by atoms with Gasteiger partial charge in [-0.3, -0.25) is 4.99 Å². The standard InChI is InChI=1S/C23H26F3N5/c1-3-12-29-21-11-7-5-9-19(21)16(2)31-22(13-18(28)14-27)30-15-17-8-4-6-10-20(17)23(24,25)26/h4-11,13,16,29H,3,12,15,28H2,1-2H3,(H,30,31)/b18-13-. The third-order valence-corrected chi connectivity index (χ3v) is 4.52. The van der Waals surface area contributed by atoms with Crippen molar-refractivity contribution in [3.05, 3.63) is 77.0 Å². The SMILES string of the molecule is CCCNc1ccccc1C(C)NC(/C=C(\N)C#N)=NCc1ccccc1C(F)(F)F. The number of allylic oxidation sites excluding steroid dienone is 1. The lowest BCUT2D eigenvalue weighted by atomic mass is 10.1. The molecule has 5 nitrogen and oxygen atoms in total. The average molecular weight is 429 g/mol. The van der Waals surface area contributed by atoms with Gasteiger partial charge in [0, 0.05) is 18.3 Å². The highest BCUT2D eigenvalue weighted by Crippen LogP contribution is 2.32. The molecule has 0 bridgehead atoms. The van der Waals surface area contributed by atoms with Crippen LogP contribution < -0.4 is 16.4 Å². The van der Waals surface area contributed by atoms with Crippen molar-refractivity contribution in [2.24, 2.45) is 10.7 Å². The largest absolute Gasteiger partial charge is 0.416 e. The fourth-order valence-corrected chi connectivity index (χ4v) is 3.01. The van der Waals surface area contributed by atoms with Gasteiger partial charge in [0.15, 0.2) is 0 Å². The number of nitrogens with one attached hydrogen (secondary N) is 2. The van der Waals surface area contributed by atoms with Gasteiger partial charge in [0.1, 0.15) is 17.6 Å². The van der Waals surface area contributed by atoms with Crippen molar-refractivity contribution in [1.82, 2.24) is 5.32 Å². The summed E-state index contributed by atoms with van der Waals surface area (Å²) in [5.74, 6) is 0.230. The molecular formula is C23H26F3N5. The fraction of sp³-hybridized carbons (Fsp3) is 0.304. The second-order valence-corrected chi connectivity index (χ2v) is 6.95. The molecule has 1 atom stereocenters. The monoisotopic (exact) mass is 429 g/mol. The van der Waals surface area contributed by atoms with Gasteiger partial charge in [-0.05, 0) is 36.6 Å². The molecule has 0 amide bonds. The van der Waals surface area contributed by atoms with Crippen LogP contribution in [0.15, 0.2) is 65.3 Å². The smallest absolute Gasteiger partial charge is 0.390 e. The van der Waals surface area contributed by atoms with Crippen molar-refractivity contribution in [3.63, 3.8) is 0 Å². The number of halogens is 3. The van der Waals surface area contributed by atoms with Crippen LogP contribution in [0.25, 0.3) is 0 Å². The van der Waals surface area contributed by atoms with Crippen LogP contribution in [0.5, 0.6) is 0 Å². The van der Waals surface area contributed by atoms with Crippen LogP contribution in [0.4, 0.5) is 18.9 Å². The number of alkyl halides is 3. The molecule has 0 aliphatic carbocycles. The van der Waals surface area contributed by atoms with E-state index in [1.165, 1.54) is 24.3 Å². The second-order valence-electron chi connectivity index (χ2n) is 6.95. The van der Waals surface area contributed by atoms with E-state index in [1.807, 2.05) is 37.3 Å². The Morgan fingerprint density at radius 1 is 1.19 bits per heavy atom. The third-order valence-electron chi connectivity index (χ3n) is 4.52. The Kier molecular flexibility index (Phi) is 8.50. The maximum absolute atomic E-state index is 13.3. The minimum atomic E-state index is -4.47. The minimum Gasteiger partial charge on any atom is -0.390 e. The summed E-state index contributed by atoms with van der Waals surface area (Å²) in [6, 6.07) is 14.6. The molecule has 0 heterocycles. The molecule has 0 aromatic heterocycles. The molecule has 8 heteroatoms. The molecule has 164 valence electrons. The maximum Gasteiger partial charge on any atom is 0.416 e. The van der Waals surface area contributed by atoms with Crippen molar-refractivity contribution in [1.29, 1.82) is 5.26 Å². The predicted octanol–water partition coefficient (Wildman–Crippen LogP) is 5.14. The number of nitrogens with two attached hydrogens (primary N) is 1. The van der Waals surface area contributed by atoms with E-state index >= 15 is 0 Å². The first-order chi connectivity index (χ1) is 14.8. The van der Waals surface area contributed by atoms with Gasteiger partial charge >= 0.3 is 6.18 Å². The highest BCUT2D eigenvalue weighted by atomic mass is 19.4. The van der Waals surface area contributed by atoms with Gasteiger partial charge in [-0.1, -0.05) is 43.3 Å². The summed E-state index contributed by atoms with van der Waals surface area (Å²) in [4.78, 5) is 4.29. The molecule has 0 aliphatic heterocycles. The van der Waals surface area contributed by atoms with Crippen LogP contribution in [0.2, 0.25) is 0 Å². The second kappa shape index (κ2) is 11.1. The Hall–Kier alpha value is -3.47. The number of anilines is 1. The molecule has 0 aliphatic rings. The lowest BCUT2D eigenvalue weighted by Crippen LogP contribution is -2.27. The Labute approximate surface area is 180 Å². The van der Waals surface area contributed by atoms with Crippen LogP contribution in [-0.4, -0.2) is 12.4 Å². The van der Waals surface area contributed by atoms with Crippen LogP contribution in [0.1, 0.15) is 43.0 Å². The van der Waals surface area contributed by atoms with Crippen molar-refractivity contribution in [2.75, 3.05) is 11.9 Å². The third kappa shape index (κ3) is 7.07. The number of para-hydroxylation sites is 1. The molecule has 0 radical (unpaired) electrons. The number of hydrogen-bond donors (Lipinski definition) is 3. The van der Waals surface area contributed by atoms with Crippen molar-refractivity contribution >= 4 is 11.5 Å². The van der Waals surface area contributed by atoms with Crippen molar-refractivity contribution in [2.45, 2.75) is 39.0 Å². The summed E-state index contributed by atoms with van der Waals surface area (Å²) in [6.45, 7) is 4.56. The molecular weight excluding hydrogens is 403 g/mol. The average Bonchev–Trinajstić information content (AvgIpc) is 2.75. The van der Waals surface area contributed by atoms with E-state index in [-0.39, 0.29) is 29.7 Å². The molecule has 2 rings (SSSR count). The van der Waals surface area contributed by atoms with Crippen LogP contribution in [-0.2, 0) is 12.7 Å². The Morgan fingerprint density at radius 3 is 2.55 bits per heavy atom. The topological polar surface area (TPSA) is 86.2 Å². The van der Waals surface area contributed by atoms with Crippen LogP contribution in [0.3, 0.4) is 0 Å². The molecule has 4 N–H and O–H groups in total. The first-order valence-electron chi connectivity index (χ1n) is 9.92. The zero-order chi connectivity index (χ0) is 22.9. The summed E-state index contributed by atoms with van der Waals surface area (Å²) >= 11 is 0. The van der Waals surface area contributed by atoms with Crippen LogP contribution >= 0.6 is 0 Å². The van der Waals surface area contributed by atoms with E-state index in [1.54, 1.807) is 0 Å². The van der Waals surface area contributed by atoms with Gasteiger partial charge in [-0.2, -0.15) is 18.4 Å². The Bertz CT molecular complexity index is 974. The van der Waals surface area contributed by atoms with Gasteiger partial charge in [0.2, 0.25) is 0 Å². The van der Waals surface area contributed by atoms with E-state index in [0.717, 1.165) is 30.3 Å². The number of hydrogen-bond acceptors (Lipinski definition) is 4. The number of benzene rings is 2. The number of aliphatic imine (C=N–C) groups is 1. The lowest BCUT2D eigenvalue weighted by molar-refractivity contribution is -0.138. The van der Waals surface area contributed by atoms with E-state index in [2.05, 4.69) is 22.5 Å². The maximum atomic E-state index is 13.3. The van der Waals surface area contributed by atoms with Gasteiger partial charge in [0.05, 0.1) is 18.2 Å². The Balaban J connectivity index is 2.32. The summed E-state index contributed by atoms with van der Waals surface area (Å²) in [6.07, 6.45) is -2.18. The highest BCUT2D eigenvalue weighted by Gasteiger charge is 2.32. The summed E-state index contributed by atoms with van der Waals surface area (Å²) in [5.41, 5.74) is 6.75. The zero-order valence-corrected chi connectivity index (χ0v) is 17.5. The van der Waals surface area contributed by atoms with Crippen molar-refractivity contribution < 1.29 is 13.2 Å². The first-order valence-corrected chi connectivity index (χ1v) is 9.92. The highest BCUT2D eigenvalue weighted by molar-refractivity contribution is 5.94. The van der Waals surface area contributed by atoms with Gasteiger partial charge in [-0.25, -0.2) is 0 Å². The van der Waals surface area contributed by atoms with Gasteiger partial charge in [-0.15, -0.1) is 0 Å². The summed E-state index contributed by atoms with van der Waals surface area (Å²) in [5, 5.41) is 15.5. The molecule has 0 spiro atoms. The van der Waals surface area contributed by atoms with E-state index in [9.17, 15) is 13.2 Å². The van der Waals surface area contributed by atoms with Gasteiger partial charge in [0.25, 0.3) is 0 Å². The predicted molar refractivity (Wildman–Crippen MR) is 117 cm³/mol. The van der Waals surface area contributed by atoms with Crippen molar-refractivity contribution in [3.8, 4) is 6.07 Å². The van der Waals surface area contributed by atoms with E-state index in [4.69, 9.17) is 11.0 Å². The molecule has 0 saturated carbocycles. The molecule has 2 aromatic carbocycles. The minimum absolute atomic E-state index is 0.0379. The van der Waals surface area contributed by atoms with E-state index < -0.39 is 11.7 Å². The normalized spacial score (nSPS) is 13.4. The van der Waals surface area contributed by atoms with Crippen LogP contribution in [0, 0.1) is 11.3 Å². The fourth-order valence-electron chi connectivity index (χ4n) is 3.01. The Morgan fingerprint density at radius 2 is 1.87 bits per heavy atom. The molecule has 0 fully saturated rings. The quantitative estimate of drug-likeness (QED) is 0.308. The molecule has 31 heavy (non-hydrogen) atoms. The number of rotatable bonds is 8. The van der Waals surface area contributed by atoms with E-state index in [0.29, 0.717) is 0 Å². The zero-order valence-electron chi connectivity index (χ0n) is 17.5. The number of nitrogens with zero attached hydrogens (tertiary/aromatic N) is 2. The van der Waals surface area contributed by atoms with Gasteiger partial charge < -0.3 is 16.4 Å². The number of nitriles is 1. The molecule has 1 unspecified atom stereocenters. The molecule has 0 saturated heterocycles. The summed E-state index contributed by atoms with van der Waals surface area (Å²) < 4.78 is 39.8. The summed E-state index contributed by atoms with van der Waals surface area (Å²) in [7, 11) is 0. The number of amidine groups is 1. The first kappa shape index (κ1) is 23.8. The lowest BCUT2D eigenvalue weighted by Gasteiger charge is -2.20.